The Morgan fingerprint density at radius 3 is 2.44 bits per heavy atom. The number of hydrogen-bond acceptors (Lipinski definition) is 5. The maximum Gasteiger partial charge on any atom is 0.271 e. The van der Waals surface area contributed by atoms with Gasteiger partial charge in [-0.2, -0.15) is 5.10 Å². The first-order valence-corrected chi connectivity index (χ1v) is 10.9. The highest BCUT2D eigenvalue weighted by atomic mass is 79.9. The summed E-state index contributed by atoms with van der Waals surface area (Å²) in [4.78, 5) is 12.3. The molecule has 0 unspecified atom stereocenters. The molecule has 0 radical (unpaired) electrons. The van der Waals surface area contributed by atoms with Gasteiger partial charge in [0.05, 0.1) is 24.9 Å². The normalized spacial score (nSPS) is 10.8. The fourth-order valence-corrected chi connectivity index (χ4v) is 3.69. The summed E-state index contributed by atoms with van der Waals surface area (Å²) in [5, 5.41) is 5.13. The number of nitrogens with one attached hydrogen (secondary N) is 1. The Labute approximate surface area is 204 Å². The summed E-state index contributed by atoms with van der Waals surface area (Å²) >= 11 is 15.6. The monoisotopic (exact) mass is 536 g/mol. The molecular weight excluding hydrogens is 519 g/mol. The van der Waals surface area contributed by atoms with Gasteiger partial charge in [0.1, 0.15) is 12.4 Å². The minimum absolute atomic E-state index is 0.295. The third kappa shape index (κ3) is 6.16. The molecule has 0 aliphatic carbocycles. The summed E-state index contributed by atoms with van der Waals surface area (Å²) in [5.74, 6) is 1.27. The summed E-state index contributed by atoms with van der Waals surface area (Å²) in [6, 6.07) is 15.6. The van der Waals surface area contributed by atoms with Crippen LogP contribution in [0.4, 0.5) is 0 Å². The molecule has 0 aliphatic rings. The Hall–Kier alpha value is -2.74. The van der Waals surface area contributed by atoms with Crippen LogP contribution >= 0.6 is 39.1 Å². The topological polar surface area (TPSA) is 69.2 Å². The summed E-state index contributed by atoms with van der Waals surface area (Å²) in [6.07, 6.45) is 1.53. The van der Waals surface area contributed by atoms with Crippen LogP contribution < -0.4 is 19.6 Å². The van der Waals surface area contributed by atoms with E-state index >= 15 is 0 Å². The lowest BCUT2D eigenvalue weighted by Crippen LogP contribution is -2.17. The number of halogens is 3. The van der Waals surface area contributed by atoms with Crippen LogP contribution in [0.1, 0.15) is 21.5 Å². The van der Waals surface area contributed by atoms with Crippen LogP contribution in [0.2, 0.25) is 10.0 Å². The zero-order chi connectivity index (χ0) is 23.1. The third-order valence-electron chi connectivity index (χ3n) is 4.38. The largest absolute Gasteiger partial charge is 0.493 e. The molecule has 3 rings (SSSR count). The molecule has 0 aromatic heterocycles. The van der Waals surface area contributed by atoms with Crippen LogP contribution in [0.25, 0.3) is 0 Å². The van der Waals surface area contributed by atoms with E-state index < -0.39 is 0 Å². The number of rotatable bonds is 8. The van der Waals surface area contributed by atoms with Crippen molar-refractivity contribution < 1.29 is 19.0 Å². The van der Waals surface area contributed by atoms with Gasteiger partial charge in [0.2, 0.25) is 0 Å². The number of hydrazone groups is 1. The van der Waals surface area contributed by atoms with Crippen molar-refractivity contribution in [1.29, 1.82) is 0 Å². The van der Waals surface area contributed by atoms with E-state index in [9.17, 15) is 4.79 Å². The van der Waals surface area contributed by atoms with Gasteiger partial charge in [0, 0.05) is 21.2 Å². The lowest BCUT2D eigenvalue weighted by Gasteiger charge is -2.10. The molecule has 3 aromatic carbocycles. The smallest absolute Gasteiger partial charge is 0.271 e. The average Bonchev–Trinajstić information content (AvgIpc) is 2.79. The molecule has 1 amide bonds. The van der Waals surface area contributed by atoms with Crippen molar-refractivity contribution in [2.75, 3.05) is 14.2 Å². The molecule has 32 heavy (non-hydrogen) atoms. The number of ether oxygens (including phenoxy) is 3. The summed E-state index contributed by atoms with van der Waals surface area (Å²) in [5.41, 5.74) is 4.47. The Balaban J connectivity index is 1.60. The van der Waals surface area contributed by atoms with Crippen LogP contribution in [0.3, 0.4) is 0 Å². The van der Waals surface area contributed by atoms with E-state index in [1.807, 2.05) is 18.2 Å². The van der Waals surface area contributed by atoms with Gasteiger partial charge in [0.15, 0.2) is 11.5 Å². The van der Waals surface area contributed by atoms with E-state index in [4.69, 9.17) is 37.4 Å². The molecule has 0 saturated heterocycles. The molecule has 0 bridgehead atoms. The molecule has 0 heterocycles. The molecule has 1 N–H and O–H groups in total. The van der Waals surface area contributed by atoms with Crippen molar-refractivity contribution in [1.82, 2.24) is 5.43 Å². The van der Waals surface area contributed by atoms with E-state index in [1.54, 1.807) is 36.4 Å². The highest BCUT2D eigenvalue weighted by molar-refractivity contribution is 9.10. The first-order chi connectivity index (χ1) is 15.4. The number of amides is 1. The van der Waals surface area contributed by atoms with E-state index in [0.29, 0.717) is 39.5 Å². The predicted octanol–water partition coefficient (Wildman–Crippen LogP) is 6.12. The molecule has 0 aliphatic heterocycles. The van der Waals surface area contributed by atoms with Gasteiger partial charge in [0.25, 0.3) is 5.91 Å². The lowest BCUT2D eigenvalue weighted by atomic mass is 10.2. The van der Waals surface area contributed by atoms with E-state index in [1.165, 1.54) is 20.4 Å². The molecule has 166 valence electrons. The number of carbonyl (C=O) groups is 1. The van der Waals surface area contributed by atoms with Gasteiger partial charge in [-0.05, 0) is 70.0 Å². The third-order valence-corrected chi connectivity index (χ3v) is 5.59. The molecule has 0 spiro atoms. The number of carbonyl (C=O) groups excluding carboxylic acids is 1. The fraction of sp³-hybridized carbons (Fsp3) is 0.130. The Morgan fingerprint density at radius 2 is 1.75 bits per heavy atom. The second-order valence-electron chi connectivity index (χ2n) is 6.48. The Kier molecular flexibility index (Phi) is 8.39. The summed E-state index contributed by atoms with van der Waals surface area (Å²) < 4.78 is 16.9. The SMILES string of the molecule is COc1ccc(C(=O)N/N=C/c2ccc(OCc3ccc(Cl)cc3Cl)c(Br)c2)cc1OC. The van der Waals surface area contributed by atoms with E-state index in [2.05, 4.69) is 26.5 Å². The number of hydrogen-bond donors (Lipinski definition) is 1. The van der Waals surface area contributed by atoms with Crippen molar-refractivity contribution in [2.24, 2.45) is 5.10 Å². The van der Waals surface area contributed by atoms with Crippen LogP contribution in [0, 0.1) is 0 Å². The summed E-state index contributed by atoms with van der Waals surface area (Å²) in [7, 11) is 3.04. The van der Waals surface area contributed by atoms with Crippen molar-refractivity contribution in [3.63, 3.8) is 0 Å². The van der Waals surface area contributed by atoms with Crippen LogP contribution in [-0.4, -0.2) is 26.3 Å². The molecule has 0 atom stereocenters. The second-order valence-corrected chi connectivity index (χ2v) is 8.18. The van der Waals surface area contributed by atoms with Crippen LogP contribution in [0.15, 0.2) is 64.2 Å². The molecule has 9 heteroatoms. The highest BCUT2D eigenvalue weighted by Crippen LogP contribution is 2.29. The second kappa shape index (κ2) is 11.2. The number of nitrogens with zero attached hydrogens (tertiary/aromatic N) is 1. The van der Waals surface area contributed by atoms with Gasteiger partial charge in [-0.15, -0.1) is 0 Å². The van der Waals surface area contributed by atoms with Crippen molar-refractivity contribution >= 4 is 51.3 Å². The quantitative estimate of drug-likeness (QED) is 0.278. The van der Waals surface area contributed by atoms with Crippen LogP contribution in [0.5, 0.6) is 17.2 Å². The highest BCUT2D eigenvalue weighted by Gasteiger charge is 2.10. The van der Waals surface area contributed by atoms with E-state index in [0.717, 1.165) is 15.6 Å². The minimum atomic E-state index is -0.374. The summed E-state index contributed by atoms with van der Waals surface area (Å²) in [6.45, 7) is 0.295. The zero-order valence-electron chi connectivity index (χ0n) is 17.2. The van der Waals surface area contributed by atoms with Gasteiger partial charge in [-0.25, -0.2) is 5.43 Å². The Bertz CT molecular complexity index is 1150. The minimum Gasteiger partial charge on any atom is -0.493 e. The van der Waals surface area contributed by atoms with Gasteiger partial charge in [-0.1, -0.05) is 29.3 Å². The van der Waals surface area contributed by atoms with Gasteiger partial charge >= 0.3 is 0 Å². The fourth-order valence-electron chi connectivity index (χ4n) is 2.72. The molecule has 6 nitrogen and oxygen atoms in total. The average molecular weight is 538 g/mol. The van der Waals surface area contributed by atoms with Crippen LogP contribution in [-0.2, 0) is 6.61 Å². The standard InChI is InChI=1S/C23H19BrCl2N2O4/c1-30-21-8-5-15(10-22(21)31-2)23(29)28-27-12-14-3-7-20(18(24)9-14)32-13-16-4-6-17(25)11-19(16)26/h3-12H,13H2,1-2H3,(H,28,29)/b27-12+. The maximum absolute atomic E-state index is 12.3. The lowest BCUT2D eigenvalue weighted by molar-refractivity contribution is 0.0954. The predicted molar refractivity (Wildman–Crippen MR) is 130 cm³/mol. The Morgan fingerprint density at radius 1 is 1.00 bits per heavy atom. The number of methoxy groups -OCH3 is 2. The first-order valence-electron chi connectivity index (χ1n) is 9.33. The van der Waals surface area contributed by atoms with Crippen molar-refractivity contribution in [3.8, 4) is 17.2 Å². The maximum atomic E-state index is 12.3. The van der Waals surface area contributed by atoms with E-state index in [-0.39, 0.29) is 5.91 Å². The molecule has 3 aromatic rings. The molecular formula is C23H19BrCl2N2O4. The van der Waals surface area contributed by atoms with Gasteiger partial charge < -0.3 is 14.2 Å². The van der Waals surface area contributed by atoms with Crippen molar-refractivity contribution in [2.45, 2.75) is 6.61 Å². The zero-order valence-corrected chi connectivity index (χ0v) is 20.3. The van der Waals surface area contributed by atoms with Gasteiger partial charge in [-0.3, -0.25) is 4.79 Å². The molecule has 0 fully saturated rings. The first kappa shape index (κ1) is 23.9. The molecule has 0 saturated carbocycles. The number of benzene rings is 3. The van der Waals surface area contributed by atoms with Crippen molar-refractivity contribution in [3.05, 3.63) is 85.8 Å².